The molecule has 0 bridgehead atoms. The standard InChI is InChI=1S/C25H27FN5O3PS/c1-12-8-9-27-13(2)19(12)30-21-18(26)25(35(4,5)34)36-22(21)16-11-31(3)24(33)20-15(16)10-17(29-20)23(32)28-14-6-7-14/h8-11,14,29-30H,6-7H2,1-5H3,(H,28,32). The summed E-state index contributed by atoms with van der Waals surface area (Å²) < 4.78 is 30.5. The lowest BCUT2D eigenvalue weighted by Gasteiger charge is -2.14. The summed E-state index contributed by atoms with van der Waals surface area (Å²) >= 11 is 1.09. The van der Waals surface area contributed by atoms with Crippen LogP contribution in [0.4, 0.5) is 15.8 Å². The van der Waals surface area contributed by atoms with E-state index < -0.39 is 13.0 Å². The first-order chi connectivity index (χ1) is 17.0. The van der Waals surface area contributed by atoms with Crippen molar-refractivity contribution in [3.05, 3.63) is 57.6 Å². The van der Waals surface area contributed by atoms with Crippen LogP contribution in [-0.2, 0) is 11.6 Å². The number of H-pyrrole nitrogens is 1. The average molecular weight is 528 g/mol. The van der Waals surface area contributed by atoms with Gasteiger partial charge in [0.2, 0.25) is 0 Å². The Balaban J connectivity index is 1.75. The highest BCUT2D eigenvalue weighted by atomic mass is 32.1. The van der Waals surface area contributed by atoms with Crippen LogP contribution in [0.3, 0.4) is 0 Å². The van der Waals surface area contributed by atoms with Gasteiger partial charge >= 0.3 is 0 Å². The zero-order valence-electron chi connectivity index (χ0n) is 20.7. The fraction of sp³-hybridized carbons (Fsp3) is 0.320. The van der Waals surface area contributed by atoms with Crippen LogP contribution in [0.5, 0.6) is 0 Å². The third-order valence-electron chi connectivity index (χ3n) is 6.29. The van der Waals surface area contributed by atoms with Crippen LogP contribution >= 0.6 is 18.5 Å². The van der Waals surface area contributed by atoms with E-state index in [1.54, 1.807) is 25.5 Å². The molecule has 0 aromatic carbocycles. The number of thiophene rings is 1. The molecule has 4 aromatic heterocycles. The van der Waals surface area contributed by atoms with Crippen LogP contribution in [0.25, 0.3) is 21.3 Å². The van der Waals surface area contributed by atoms with E-state index in [-0.39, 0.29) is 39.0 Å². The number of rotatable bonds is 6. The molecule has 0 saturated heterocycles. The molecule has 0 atom stereocenters. The van der Waals surface area contributed by atoms with Crippen LogP contribution in [0.15, 0.2) is 29.3 Å². The SMILES string of the molecule is Cc1ccnc(C)c1Nc1c(-c2cn(C)c(=O)c3[nH]c(C(=O)NC4CC4)cc23)sc(P(C)(C)=O)c1F. The molecule has 1 aliphatic rings. The lowest BCUT2D eigenvalue weighted by Crippen LogP contribution is -2.25. The molecule has 1 amide bonds. The first kappa shape index (κ1) is 24.5. The summed E-state index contributed by atoms with van der Waals surface area (Å²) in [6, 6.07) is 3.61. The molecule has 1 aliphatic carbocycles. The van der Waals surface area contributed by atoms with Crippen molar-refractivity contribution in [1.29, 1.82) is 0 Å². The highest BCUT2D eigenvalue weighted by Gasteiger charge is 2.30. The van der Waals surface area contributed by atoms with Gasteiger partial charge in [0.05, 0.1) is 21.9 Å². The normalized spacial score (nSPS) is 13.8. The predicted octanol–water partition coefficient (Wildman–Crippen LogP) is 4.63. The monoisotopic (exact) mass is 527 g/mol. The fourth-order valence-corrected chi connectivity index (χ4v) is 6.82. The number of hydrogen-bond acceptors (Lipinski definition) is 6. The highest BCUT2D eigenvalue weighted by Crippen LogP contribution is 2.48. The van der Waals surface area contributed by atoms with Crippen molar-refractivity contribution in [3.8, 4) is 10.4 Å². The lowest BCUT2D eigenvalue weighted by atomic mass is 10.1. The number of carbonyl (C=O) groups is 1. The predicted molar refractivity (Wildman–Crippen MR) is 143 cm³/mol. The minimum absolute atomic E-state index is 0.156. The Morgan fingerprint density at radius 3 is 2.64 bits per heavy atom. The van der Waals surface area contributed by atoms with E-state index in [1.165, 1.54) is 17.9 Å². The number of anilines is 2. The van der Waals surface area contributed by atoms with E-state index in [1.807, 2.05) is 19.9 Å². The number of amides is 1. The minimum atomic E-state index is -2.96. The first-order valence-electron chi connectivity index (χ1n) is 11.6. The van der Waals surface area contributed by atoms with Crippen molar-refractivity contribution in [2.45, 2.75) is 32.7 Å². The zero-order valence-corrected chi connectivity index (χ0v) is 22.4. The van der Waals surface area contributed by atoms with E-state index in [4.69, 9.17) is 0 Å². The lowest BCUT2D eigenvalue weighted by molar-refractivity contribution is 0.0947. The number of aromatic nitrogens is 3. The molecule has 3 N–H and O–H groups in total. The largest absolute Gasteiger partial charge is 0.350 e. The molecule has 1 fully saturated rings. The quantitative estimate of drug-likeness (QED) is 0.317. The van der Waals surface area contributed by atoms with Gasteiger partial charge in [0.15, 0.2) is 5.82 Å². The summed E-state index contributed by atoms with van der Waals surface area (Å²) in [6.45, 7) is 6.78. The Morgan fingerprint density at radius 2 is 2.00 bits per heavy atom. The molecule has 8 nitrogen and oxygen atoms in total. The molecular weight excluding hydrogens is 500 g/mol. The van der Waals surface area contributed by atoms with Crippen molar-refractivity contribution in [1.82, 2.24) is 19.9 Å². The minimum Gasteiger partial charge on any atom is -0.350 e. The maximum Gasteiger partial charge on any atom is 0.274 e. The van der Waals surface area contributed by atoms with E-state index in [0.717, 1.165) is 29.7 Å². The summed E-state index contributed by atoms with van der Waals surface area (Å²) in [7, 11) is -1.36. The molecule has 4 heterocycles. The Morgan fingerprint density at radius 1 is 1.28 bits per heavy atom. The van der Waals surface area contributed by atoms with Gasteiger partial charge in [-0.2, -0.15) is 0 Å². The van der Waals surface area contributed by atoms with Gasteiger partial charge in [0.25, 0.3) is 11.5 Å². The third kappa shape index (κ3) is 4.29. The van der Waals surface area contributed by atoms with E-state index in [0.29, 0.717) is 27.2 Å². The van der Waals surface area contributed by atoms with E-state index in [2.05, 4.69) is 20.6 Å². The summed E-state index contributed by atoms with van der Waals surface area (Å²) in [5.74, 6) is -0.874. The van der Waals surface area contributed by atoms with Crippen LogP contribution in [-0.4, -0.2) is 39.8 Å². The van der Waals surface area contributed by atoms with Gasteiger partial charge in [0.1, 0.15) is 23.0 Å². The number of aromatic amines is 1. The third-order valence-corrected chi connectivity index (χ3v) is 10.1. The van der Waals surface area contributed by atoms with Gasteiger partial charge < -0.3 is 24.7 Å². The van der Waals surface area contributed by atoms with E-state index in [9.17, 15) is 14.2 Å². The van der Waals surface area contributed by atoms with Crippen LogP contribution in [0.2, 0.25) is 0 Å². The van der Waals surface area contributed by atoms with Gasteiger partial charge in [0, 0.05) is 36.4 Å². The number of nitrogens with zero attached hydrogens (tertiary/aromatic N) is 2. The molecule has 36 heavy (non-hydrogen) atoms. The molecule has 0 spiro atoms. The second-order valence-corrected chi connectivity index (χ2v) is 14.1. The van der Waals surface area contributed by atoms with Gasteiger partial charge in [-0.1, -0.05) is 0 Å². The number of carbonyl (C=O) groups excluding carboxylic acids is 1. The maximum atomic E-state index is 15.9. The molecule has 0 unspecified atom stereocenters. The Labute approximate surface area is 211 Å². The number of pyridine rings is 2. The van der Waals surface area contributed by atoms with E-state index >= 15 is 4.39 Å². The summed E-state index contributed by atoms with van der Waals surface area (Å²) in [5, 5.41) is 6.62. The maximum absolute atomic E-state index is 15.9. The zero-order chi connectivity index (χ0) is 25.9. The molecule has 11 heteroatoms. The smallest absolute Gasteiger partial charge is 0.274 e. The van der Waals surface area contributed by atoms with Crippen LogP contribution < -0.4 is 20.8 Å². The second-order valence-electron chi connectivity index (χ2n) is 9.67. The molecule has 0 aliphatic heterocycles. The topological polar surface area (TPSA) is 109 Å². The van der Waals surface area contributed by atoms with Crippen molar-refractivity contribution < 1.29 is 13.8 Å². The van der Waals surface area contributed by atoms with Crippen molar-refractivity contribution in [2.24, 2.45) is 7.05 Å². The molecule has 1 saturated carbocycles. The number of hydrogen-bond donors (Lipinski definition) is 3. The highest BCUT2D eigenvalue weighted by molar-refractivity contribution is 7.75. The van der Waals surface area contributed by atoms with Crippen LogP contribution in [0, 0.1) is 19.7 Å². The number of halogens is 1. The Kier molecular flexibility index (Phi) is 5.92. The second kappa shape index (κ2) is 8.71. The fourth-order valence-electron chi connectivity index (χ4n) is 4.18. The summed E-state index contributed by atoms with van der Waals surface area (Å²) in [5.41, 5.74) is 3.16. The molecule has 4 aromatic rings. The number of aryl methyl sites for hydroxylation is 3. The van der Waals surface area contributed by atoms with Gasteiger partial charge in [-0.05, 0) is 57.7 Å². The number of fused-ring (bicyclic) bond motifs is 1. The Hall–Kier alpha value is -3.23. The van der Waals surface area contributed by atoms with Gasteiger partial charge in [-0.25, -0.2) is 4.39 Å². The molecule has 0 radical (unpaired) electrons. The first-order valence-corrected chi connectivity index (χ1v) is 15.0. The molecular formula is C25H27FN5O3PS. The van der Waals surface area contributed by atoms with Crippen molar-refractivity contribution in [2.75, 3.05) is 18.6 Å². The van der Waals surface area contributed by atoms with Gasteiger partial charge in [-0.3, -0.25) is 14.6 Å². The van der Waals surface area contributed by atoms with Crippen LogP contribution in [0.1, 0.15) is 34.6 Å². The molecule has 188 valence electrons. The van der Waals surface area contributed by atoms with Crippen molar-refractivity contribution in [3.63, 3.8) is 0 Å². The van der Waals surface area contributed by atoms with Crippen molar-refractivity contribution >= 4 is 51.3 Å². The number of nitrogens with one attached hydrogen (secondary N) is 3. The average Bonchev–Trinajstić information content (AvgIpc) is 3.38. The summed E-state index contributed by atoms with van der Waals surface area (Å²) in [6.07, 6.45) is 5.18. The van der Waals surface area contributed by atoms with Gasteiger partial charge in [-0.15, -0.1) is 11.3 Å². The molecule has 5 rings (SSSR count). The Bertz CT molecular complexity index is 1620. The summed E-state index contributed by atoms with van der Waals surface area (Å²) in [4.78, 5) is 33.4.